The summed E-state index contributed by atoms with van der Waals surface area (Å²) in [6, 6.07) is 6.37. The number of anilines is 1. The maximum absolute atomic E-state index is 12.5. The zero-order chi connectivity index (χ0) is 28.5. The van der Waals surface area contributed by atoms with Crippen molar-refractivity contribution >= 4 is 65.9 Å². The summed E-state index contributed by atoms with van der Waals surface area (Å²) in [5, 5.41) is 4.60. The van der Waals surface area contributed by atoms with E-state index in [0.29, 0.717) is 23.7 Å². The van der Waals surface area contributed by atoms with Crippen molar-refractivity contribution < 1.29 is 33.3 Å². The van der Waals surface area contributed by atoms with Crippen molar-refractivity contribution in [2.24, 2.45) is 0 Å². The van der Waals surface area contributed by atoms with E-state index in [2.05, 4.69) is 11.4 Å². The molecule has 0 atom stereocenters. The molecule has 1 N–H and O–H groups in total. The first kappa shape index (κ1) is 28.9. The van der Waals surface area contributed by atoms with Gasteiger partial charge >= 0.3 is 18.0 Å². The van der Waals surface area contributed by atoms with Crippen LogP contribution in [0.1, 0.15) is 64.1 Å². The van der Waals surface area contributed by atoms with Gasteiger partial charge in [-0.15, -0.1) is 22.7 Å². The average Bonchev–Trinajstić information content (AvgIpc) is 3.36. The van der Waals surface area contributed by atoms with Crippen molar-refractivity contribution in [1.29, 1.82) is 0 Å². The third kappa shape index (κ3) is 7.13. The number of likely N-dealkylation sites (tertiary alicyclic amines) is 1. The van der Waals surface area contributed by atoms with Gasteiger partial charge < -0.3 is 29.2 Å². The van der Waals surface area contributed by atoms with Crippen molar-refractivity contribution in [3.8, 4) is 5.75 Å². The minimum absolute atomic E-state index is 0.237. The monoisotopic (exact) mass is 576 g/mol. The average molecular weight is 577 g/mol. The first-order valence-corrected chi connectivity index (χ1v) is 14.5. The lowest BCUT2D eigenvalue weighted by molar-refractivity contribution is -0.157. The summed E-state index contributed by atoms with van der Waals surface area (Å²) in [6.45, 7) is 11.9. The largest absolute Gasteiger partial charge is 0.479 e. The molecule has 0 saturated carbocycles. The molecule has 1 aliphatic heterocycles. The lowest BCUT2D eigenvalue weighted by atomic mass is 10.0. The number of nitrogens with one attached hydrogen (secondary N) is 1. The Morgan fingerprint density at radius 2 is 1.64 bits per heavy atom. The first-order valence-electron chi connectivity index (χ1n) is 12.9. The van der Waals surface area contributed by atoms with Crippen molar-refractivity contribution in [3.63, 3.8) is 0 Å². The lowest BCUT2D eigenvalue weighted by Crippen LogP contribution is -2.44. The number of thiophene rings is 2. The highest BCUT2D eigenvalue weighted by atomic mass is 32.1. The maximum atomic E-state index is 12.5. The third-order valence-electron chi connectivity index (χ3n) is 5.90. The molecule has 0 radical (unpaired) electrons. The molecule has 3 heterocycles. The van der Waals surface area contributed by atoms with Crippen LogP contribution in [0.3, 0.4) is 0 Å². The van der Waals surface area contributed by atoms with Crippen molar-refractivity contribution in [2.75, 3.05) is 32.1 Å². The smallest absolute Gasteiger partial charge is 0.410 e. The summed E-state index contributed by atoms with van der Waals surface area (Å²) >= 11 is 2.80. The summed E-state index contributed by atoms with van der Waals surface area (Å²) in [5.74, 6) is -0.673. The van der Waals surface area contributed by atoms with Crippen LogP contribution >= 0.6 is 22.7 Å². The number of fused-ring (bicyclic) bond motifs is 3. The summed E-state index contributed by atoms with van der Waals surface area (Å²) in [6.07, 6.45) is 1.38. The number of rotatable bonds is 6. The van der Waals surface area contributed by atoms with Gasteiger partial charge in [0.25, 0.3) is 0 Å². The summed E-state index contributed by atoms with van der Waals surface area (Å²) in [7, 11) is 1.32. The summed E-state index contributed by atoms with van der Waals surface area (Å²) in [5.41, 5.74) is -0.159. The van der Waals surface area contributed by atoms with E-state index in [-0.39, 0.29) is 18.7 Å². The molecule has 39 heavy (non-hydrogen) atoms. The molecule has 0 aliphatic carbocycles. The second-order valence-corrected chi connectivity index (χ2v) is 13.6. The number of carbonyl (C=O) groups is 3. The van der Waals surface area contributed by atoms with E-state index in [0.717, 1.165) is 38.0 Å². The van der Waals surface area contributed by atoms with Crippen molar-refractivity contribution in [3.05, 3.63) is 23.1 Å². The number of benzene rings is 1. The summed E-state index contributed by atoms with van der Waals surface area (Å²) in [4.78, 5) is 39.2. The fraction of sp³-hybridized carbons (Fsp3) is 0.536. The number of carbonyl (C=O) groups excluding carboxylic acids is 3. The fourth-order valence-corrected chi connectivity index (χ4v) is 6.91. The predicted octanol–water partition coefficient (Wildman–Crippen LogP) is 6.43. The van der Waals surface area contributed by atoms with Crippen LogP contribution in [0.2, 0.25) is 0 Å². The highest BCUT2D eigenvalue weighted by molar-refractivity contribution is 7.34. The molecule has 1 fully saturated rings. The number of amides is 1. The van der Waals surface area contributed by atoms with Crippen LogP contribution in [0, 0.1) is 0 Å². The zero-order valence-corrected chi connectivity index (χ0v) is 25.1. The van der Waals surface area contributed by atoms with Crippen LogP contribution in [0.25, 0.3) is 19.5 Å². The molecule has 212 valence electrons. The van der Waals surface area contributed by atoms with E-state index in [4.69, 9.17) is 18.9 Å². The first-order chi connectivity index (χ1) is 18.2. The molecule has 0 unspecified atom stereocenters. The van der Waals surface area contributed by atoms with E-state index in [9.17, 15) is 14.4 Å². The molecule has 1 amide bonds. The van der Waals surface area contributed by atoms with Crippen LogP contribution in [0.4, 0.5) is 10.5 Å². The Hall–Kier alpha value is -3.05. The van der Waals surface area contributed by atoms with Crippen molar-refractivity contribution in [2.45, 2.75) is 71.6 Å². The minimum Gasteiger partial charge on any atom is -0.479 e. The molecular weight excluding hydrogens is 540 g/mol. The molecule has 9 nitrogen and oxygen atoms in total. The van der Waals surface area contributed by atoms with E-state index in [1.54, 1.807) is 25.7 Å². The van der Waals surface area contributed by atoms with Crippen LogP contribution in [-0.2, 0) is 19.0 Å². The van der Waals surface area contributed by atoms with Gasteiger partial charge in [-0.05, 0) is 66.5 Å². The Morgan fingerprint density at radius 3 is 2.26 bits per heavy atom. The number of nitrogens with zero attached hydrogens (tertiary/aromatic N) is 1. The molecule has 0 spiro atoms. The molecule has 3 aromatic rings. The second-order valence-electron chi connectivity index (χ2n) is 11.5. The van der Waals surface area contributed by atoms with Crippen LogP contribution in [-0.4, -0.2) is 67.0 Å². The predicted molar refractivity (Wildman–Crippen MR) is 154 cm³/mol. The standard InChI is InChI=1S/C28H36N2O7S2/c1-27(2,3)36-20(31)15-35-21-23-22(39-24(21)25(32)34-7)18-9-8-17(14-19(18)38-23)29-16-10-12-30(13-11-16)26(33)37-28(4,5)6/h8-9,14,16,29H,10-13,15H2,1-7H3. The fourth-order valence-electron chi connectivity index (χ4n) is 4.29. The van der Waals surface area contributed by atoms with E-state index in [1.165, 1.54) is 29.8 Å². The van der Waals surface area contributed by atoms with Gasteiger partial charge in [-0.2, -0.15) is 0 Å². The van der Waals surface area contributed by atoms with Crippen LogP contribution in [0.15, 0.2) is 18.2 Å². The highest BCUT2D eigenvalue weighted by Gasteiger charge is 2.28. The second kappa shape index (κ2) is 11.2. The van der Waals surface area contributed by atoms with Crippen molar-refractivity contribution in [1.82, 2.24) is 4.90 Å². The highest BCUT2D eigenvalue weighted by Crippen LogP contribution is 2.48. The molecule has 11 heteroatoms. The Labute approximate surface area is 236 Å². The minimum atomic E-state index is -0.636. The van der Waals surface area contributed by atoms with Gasteiger partial charge in [0, 0.05) is 34.9 Å². The Morgan fingerprint density at radius 1 is 0.974 bits per heavy atom. The zero-order valence-electron chi connectivity index (χ0n) is 23.5. The van der Waals surface area contributed by atoms with Gasteiger partial charge in [0.2, 0.25) is 0 Å². The van der Waals surface area contributed by atoms with Crippen LogP contribution < -0.4 is 10.1 Å². The Balaban J connectivity index is 1.49. The van der Waals surface area contributed by atoms with Gasteiger partial charge in [-0.25, -0.2) is 14.4 Å². The maximum Gasteiger partial charge on any atom is 0.410 e. The number of methoxy groups -OCH3 is 1. The third-order valence-corrected chi connectivity index (χ3v) is 8.37. The molecule has 2 aromatic heterocycles. The van der Waals surface area contributed by atoms with E-state index in [1.807, 2.05) is 32.9 Å². The van der Waals surface area contributed by atoms with Gasteiger partial charge in [-0.1, -0.05) is 6.07 Å². The molecule has 0 bridgehead atoms. The molecule has 1 aromatic carbocycles. The molecule has 4 rings (SSSR count). The number of esters is 2. The Kier molecular flexibility index (Phi) is 8.32. The number of piperidine rings is 1. The van der Waals surface area contributed by atoms with E-state index < -0.39 is 23.1 Å². The van der Waals surface area contributed by atoms with Gasteiger partial charge in [0.05, 0.1) is 16.5 Å². The number of ether oxygens (including phenoxy) is 4. The SMILES string of the molecule is COC(=O)c1sc2c(sc3cc(NC4CCN(C(=O)OC(C)(C)C)CC4)ccc32)c1OCC(=O)OC(C)(C)C. The summed E-state index contributed by atoms with van der Waals surface area (Å²) < 4.78 is 24.4. The van der Waals surface area contributed by atoms with E-state index >= 15 is 0 Å². The lowest BCUT2D eigenvalue weighted by Gasteiger charge is -2.34. The Bertz CT molecular complexity index is 1370. The van der Waals surface area contributed by atoms with Gasteiger partial charge in [0.15, 0.2) is 17.2 Å². The number of hydrogen-bond donors (Lipinski definition) is 1. The normalized spacial score (nSPS) is 14.9. The molecular formula is C28H36N2O7S2. The van der Waals surface area contributed by atoms with Gasteiger partial charge in [-0.3, -0.25) is 0 Å². The molecule has 1 aliphatic rings. The number of hydrogen-bond acceptors (Lipinski definition) is 10. The van der Waals surface area contributed by atoms with Crippen LogP contribution in [0.5, 0.6) is 5.75 Å². The topological polar surface area (TPSA) is 103 Å². The quantitative estimate of drug-likeness (QED) is 0.264. The van der Waals surface area contributed by atoms with Gasteiger partial charge in [0.1, 0.15) is 11.2 Å². The molecule has 1 saturated heterocycles.